The van der Waals surface area contributed by atoms with Gasteiger partial charge in [0.1, 0.15) is 5.82 Å². The van der Waals surface area contributed by atoms with E-state index in [-0.39, 0.29) is 17.8 Å². The lowest BCUT2D eigenvalue weighted by atomic mass is 10.2. The molecule has 2 aromatic rings. The first-order chi connectivity index (χ1) is 9.97. The molecule has 2 N–H and O–H groups in total. The van der Waals surface area contributed by atoms with Gasteiger partial charge in [0.05, 0.1) is 11.9 Å². The number of benzene rings is 1. The number of hydrogen-bond donors (Lipinski definition) is 2. The van der Waals surface area contributed by atoms with Crippen LogP contribution in [0.15, 0.2) is 35.2 Å². The maximum absolute atomic E-state index is 13.1. The van der Waals surface area contributed by atoms with Crippen molar-refractivity contribution in [2.75, 3.05) is 6.54 Å². The number of carbonyl (C=O) groups excluding carboxylic acids is 1. The largest absolute Gasteiger partial charge is 0.476 e. The van der Waals surface area contributed by atoms with E-state index in [1.807, 2.05) is 0 Å². The maximum atomic E-state index is 13.1. The highest BCUT2D eigenvalue weighted by Gasteiger charge is 2.11. The number of imidazole rings is 1. The topological polar surface area (TPSA) is 84.2 Å². The summed E-state index contributed by atoms with van der Waals surface area (Å²) >= 11 is 3.18. The number of hydrogen-bond acceptors (Lipinski definition) is 3. The van der Waals surface area contributed by atoms with Crippen LogP contribution in [0.3, 0.4) is 0 Å². The molecule has 0 bridgehead atoms. The van der Waals surface area contributed by atoms with Gasteiger partial charge in [0.15, 0.2) is 5.69 Å². The van der Waals surface area contributed by atoms with Crippen LogP contribution in [0.1, 0.15) is 20.8 Å². The monoisotopic (exact) mass is 355 g/mol. The molecule has 0 saturated carbocycles. The fraction of sp³-hybridized carbons (Fsp3) is 0.154. The van der Waals surface area contributed by atoms with E-state index in [1.165, 1.54) is 24.7 Å². The molecule has 0 aliphatic heterocycles. The van der Waals surface area contributed by atoms with E-state index in [9.17, 15) is 14.0 Å². The number of rotatable bonds is 5. The zero-order valence-corrected chi connectivity index (χ0v) is 12.3. The van der Waals surface area contributed by atoms with Crippen molar-refractivity contribution in [3.05, 3.63) is 52.3 Å². The van der Waals surface area contributed by atoms with E-state index in [0.717, 1.165) is 6.07 Å². The van der Waals surface area contributed by atoms with Crippen molar-refractivity contribution in [1.82, 2.24) is 14.9 Å². The summed E-state index contributed by atoms with van der Waals surface area (Å²) < 4.78 is 15.1. The molecule has 0 saturated heterocycles. The summed E-state index contributed by atoms with van der Waals surface area (Å²) in [5.74, 6) is -2.02. The van der Waals surface area contributed by atoms with Crippen molar-refractivity contribution in [2.45, 2.75) is 6.54 Å². The Morgan fingerprint density at radius 3 is 2.86 bits per heavy atom. The van der Waals surface area contributed by atoms with Gasteiger partial charge in [-0.3, -0.25) is 4.79 Å². The van der Waals surface area contributed by atoms with E-state index in [1.54, 1.807) is 4.57 Å². The van der Waals surface area contributed by atoms with Crippen LogP contribution in [0, 0.1) is 5.82 Å². The van der Waals surface area contributed by atoms with Crippen molar-refractivity contribution in [1.29, 1.82) is 0 Å². The number of aromatic carboxylic acids is 1. The minimum Gasteiger partial charge on any atom is -0.476 e. The van der Waals surface area contributed by atoms with Gasteiger partial charge >= 0.3 is 5.97 Å². The van der Waals surface area contributed by atoms with Crippen LogP contribution >= 0.6 is 15.9 Å². The molecule has 1 amide bonds. The SMILES string of the molecule is O=C(O)c1cn(CCNC(=O)c2cc(F)ccc2Br)cn1. The van der Waals surface area contributed by atoms with Gasteiger partial charge < -0.3 is 15.0 Å². The molecule has 0 spiro atoms. The molecule has 21 heavy (non-hydrogen) atoms. The molecule has 0 aliphatic rings. The smallest absolute Gasteiger partial charge is 0.356 e. The molecule has 0 aliphatic carbocycles. The Morgan fingerprint density at radius 2 is 2.19 bits per heavy atom. The highest BCUT2D eigenvalue weighted by Crippen LogP contribution is 2.17. The van der Waals surface area contributed by atoms with Crippen LogP contribution in [0.25, 0.3) is 0 Å². The molecular weight excluding hydrogens is 345 g/mol. The normalized spacial score (nSPS) is 10.4. The minimum absolute atomic E-state index is 0.0609. The van der Waals surface area contributed by atoms with Gasteiger partial charge in [-0.25, -0.2) is 14.2 Å². The number of nitrogens with one attached hydrogen (secondary N) is 1. The summed E-state index contributed by atoms with van der Waals surface area (Å²) in [4.78, 5) is 26.2. The highest BCUT2D eigenvalue weighted by atomic mass is 79.9. The fourth-order valence-corrected chi connectivity index (χ4v) is 2.08. The Kier molecular flexibility index (Phi) is 4.69. The second-order valence-electron chi connectivity index (χ2n) is 4.18. The van der Waals surface area contributed by atoms with Crippen LogP contribution in [-0.4, -0.2) is 33.1 Å². The average Bonchev–Trinajstić information content (AvgIpc) is 2.90. The Bertz CT molecular complexity index is 687. The van der Waals surface area contributed by atoms with E-state index >= 15 is 0 Å². The van der Waals surface area contributed by atoms with Gasteiger partial charge in [-0.05, 0) is 34.1 Å². The van der Waals surface area contributed by atoms with Crippen molar-refractivity contribution in [3.63, 3.8) is 0 Å². The van der Waals surface area contributed by atoms with Crippen molar-refractivity contribution in [3.8, 4) is 0 Å². The summed E-state index contributed by atoms with van der Waals surface area (Å²) in [5, 5.41) is 11.4. The van der Waals surface area contributed by atoms with E-state index < -0.39 is 17.7 Å². The lowest BCUT2D eigenvalue weighted by molar-refractivity contribution is 0.0690. The first kappa shape index (κ1) is 15.2. The predicted octanol–water partition coefficient (Wildman–Crippen LogP) is 1.91. The van der Waals surface area contributed by atoms with E-state index in [4.69, 9.17) is 5.11 Å². The van der Waals surface area contributed by atoms with Crippen LogP contribution in [-0.2, 0) is 6.54 Å². The minimum atomic E-state index is -1.11. The fourth-order valence-electron chi connectivity index (χ4n) is 1.66. The van der Waals surface area contributed by atoms with Crippen molar-refractivity contribution < 1.29 is 19.1 Å². The predicted molar refractivity (Wildman–Crippen MR) is 75.6 cm³/mol. The summed E-state index contributed by atoms with van der Waals surface area (Å²) in [6.45, 7) is 0.621. The van der Waals surface area contributed by atoms with Crippen LogP contribution in [0.2, 0.25) is 0 Å². The van der Waals surface area contributed by atoms with Crippen LogP contribution in [0.5, 0.6) is 0 Å². The van der Waals surface area contributed by atoms with Gasteiger partial charge in [0.2, 0.25) is 0 Å². The van der Waals surface area contributed by atoms with Crippen LogP contribution in [0.4, 0.5) is 4.39 Å². The molecule has 1 aromatic heterocycles. The van der Waals surface area contributed by atoms with E-state index in [0.29, 0.717) is 11.0 Å². The molecule has 2 rings (SSSR count). The molecule has 0 unspecified atom stereocenters. The molecule has 1 aromatic carbocycles. The zero-order valence-electron chi connectivity index (χ0n) is 10.7. The molecule has 0 radical (unpaired) electrons. The molecule has 6 nitrogen and oxygen atoms in total. The molecule has 1 heterocycles. The van der Waals surface area contributed by atoms with Crippen molar-refractivity contribution in [2.24, 2.45) is 0 Å². The Morgan fingerprint density at radius 1 is 1.43 bits per heavy atom. The second-order valence-corrected chi connectivity index (χ2v) is 5.04. The standard InChI is InChI=1S/C13H11BrFN3O3/c14-10-2-1-8(15)5-9(10)12(19)16-3-4-18-6-11(13(20)21)17-7-18/h1-2,5-7H,3-4H2,(H,16,19)(H,20,21). The summed E-state index contributed by atoms with van der Waals surface area (Å²) in [7, 11) is 0. The van der Waals surface area contributed by atoms with Gasteiger partial charge in [-0.2, -0.15) is 0 Å². The van der Waals surface area contributed by atoms with Gasteiger partial charge in [0, 0.05) is 23.8 Å². The number of carboxylic acid groups (broad SMARTS) is 1. The van der Waals surface area contributed by atoms with Crippen molar-refractivity contribution >= 4 is 27.8 Å². The lowest BCUT2D eigenvalue weighted by Crippen LogP contribution is -2.27. The number of halogens is 2. The summed E-state index contributed by atoms with van der Waals surface area (Å²) in [6, 6.07) is 3.85. The summed E-state index contributed by atoms with van der Waals surface area (Å²) in [6.07, 6.45) is 2.74. The van der Waals surface area contributed by atoms with Gasteiger partial charge in [-0.1, -0.05) is 0 Å². The second kappa shape index (κ2) is 6.49. The lowest BCUT2D eigenvalue weighted by Gasteiger charge is -2.07. The molecule has 0 atom stereocenters. The molecule has 0 fully saturated rings. The third-order valence-electron chi connectivity index (χ3n) is 2.68. The number of carbonyl (C=O) groups is 2. The molecule has 8 heteroatoms. The highest BCUT2D eigenvalue weighted by molar-refractivity contribution is 9.10. The maximum Gasteiger partial charge on any atom is 0.356 e. The third kappa shape index (κ3) is 3.88. The van der Waals surface area contributed by atoms with Gasteiger partial charge in [0.25, 0.3) is 5.91 Å². The Hall–Kier alpha value is -2.22. The Labute approximate surface area is 127 Å². The molecule has 110 valence electrons. The Balaban J connectivity index is 1.92. The number of amides is 1. The number of nitrogens with zero attached hydrogens (tertiary/aromatic N) is 2. The summed E-state index contributed by atoms with van der Waals surface area (Å²) in [5.41, 5.74) is 0.140. The zero-order chi connectivity index (χ0) is 15.4. The first-order valence-electron chi connectivity index (χ1n) is 5.95. The molecular formula is C13H11BrFN3O3. The number of aromatic nitrogens is 2. The average molecular weight is 356 g/mol. The van der Waals surface area contributed by atoms with Gasteiger partial charge in [-0.15, -0.1) is 0 Å². The van der Waals surface area contributed by atoms with E-state index in [2.05, 4.69) is 26.2 Å². The quantitative estimate of drug-likeness (QED) is 0.857. The van der Waals surface area contributed by atoms with Crippen LogP contribution < -0.4 is 5.32 Å². The third-order valence-corrected chi connectivity index (χ3v) is 3.37. The number of carboxylic acids is 1. The first-order valence-corrected chi connectivity index (χ1v) is 6.75.